The van der Waals surface area contributed by atoms with Crippen molar-refractivity contribution in [1.29, 1.82) is 0 Å². The van der Waals surface area contributed by atoms with E-state index < -0.39 is 11.7 Å². The minimum atomic E-state index is -4.32. The highest BCUT2D eigenvalue weighted by atomic mass is 19.4. The van der Waals surface area contributed by atoms with Crippen LogP contribution in [-0.2, 0) is 17.5 Å². The minimum Gasteiger partial charge on any atom is -0.369 e. The van der Waals surface area contributed by atoms with Crippen LogP contribution in [0.15, 0.2) is 42.7 Å². The Morgan fingerprint density at radius 2 is 1.76 bits per heavy atom. The summed E-state index contributed by atoms with van der Waals surface area (Å²) in [6.07, 6.45) is 0.984. The molecule has 0 bridgehead atoms. The molecule has 0 atom stereocenters. The van der Waals surface area contributed by atoms with Crippen LogP contribution in [-0.4, -0.2) is 28.5 Å². The molecule has 0 spiro atoms. The van der Waals surface area contributed by atoms with Gasteiger partial charge in [-0.25, -0.2) is 0 Å². The van der Waals surface area contributed by atoms with Gasteiger partial charge in [-0.05, 0) is 61.8 Å². The van der Waals surface area contributed by atoms with Gasteiger partial charge in [0.2, 0.25) is 5.91 Å². The standard InChI is InChI=1S/C18H20F3N3O/c19-18(20,21)15-1-3-16(4-2-15)24-10-5-13(12-24)11-23-8-6-14(7-9-23)17(22)25/h1-5,10,12,14H,6-9,11H2,(H2,22,25). The first kappa shape index (κ1) is 17.5. The lowest BCUT2D eigenvalue weighted by Crippen LogP contribution is -2.38. The van der Waals surface area contributed by atoms with E-state index in [1.165, 1.54) is 12.1 Å². The lowest BCUT2D eigenvalue weighted by Gasteiger charge is -2.30. The number of benzene rings is 1. The minimum absolute atomic E-state index is 0.0343. The van der Waals surface area contributed by atoms with Crippen molar-refractivity contribution >= 4 is 5.91 Å². The zero-order valence-electron chi connectivity index (χ0n) is 13.7. The average Bonchev–Trinajstić information content (AvgIpc) is 3.03. The van der Waals surface area contributed by atoms with Gasteiger partial charge in [0.15, 0.2) is 0 Å². The molecule has 1 aromatic heterocycles. The van der Waals surface area contributed by atoms with E-state index in [2.05, 4.69) is 4.90 Å². The van der Waals surface area contributed by atoms with E-state index in [4.69, 9.17) is 5.73 Å². The van der Waals surface area contributed by atoms with Crippen molar-refractivity contribution in [3.63, 3.8) is 0 Å². The number of hydrogen-bond acceptors (Lipinski definition) is 2. The molecule has 0 aliphatic carbocycles. The van der Waals surface area contributed by atoms with Crippen LogP contribution in [0.1, 0.15) is 24.0 Å². The molecule has 2 N–H and O–H groups in total. The van der Waals surface area contributed by atoms with Crippen molar-refractivity contribution in [2.24, 2.45) is 11.7 Å². The Kier molecular flexibility index (Phi) is 4.85. The normalized spacial score (nSPS) is 16.9. The quantitative estimate of drug-likeness (QED) is 0.920. The highest BCUT2D eigenvalue weighted by Crippen LogP contribution is 2.29. The number of nitrogens with two attached hydrogens (primary N) is 1. The third kappa shape index (κ3) is 4.22. The SMILES string of the molecule is NC(=O)C1CCN(Cc2ccn(-c3ccc(C(F)(F)F)cc3)c2)CC1. The molecule has 25 heavy (non-hydrogen) atoms. The Labute approximate surface area is 144 Å². The van der Waals surface area contributed by atoms with Gasteiger partial charge in [0.25, 0.3) is 0 Å². The first-order chi connectivity index (χ1) is 11.8. The van der Waals surface area contributed by atoms with Crippen molar-refractivity contribution < 1.29 is 18.0 Å². The molecule has 0 saturated carbocycles. The van der Waals surface area contributed by atoms with Gasteiger partial charge in [-0.15, -0.1) is 0 Å². The number of carbonyl (C=O) groups is 1. The van der Waals surface area contributed by atoms with Crippen molar-refractivity contribution in [2.75, 3.05) is 13.1 Å². The van der Waals surface area contributed by atoms with E-state index in [9.17, 15) is 18.0 Å². The second-order valence-corrected chi connectivity index (χ2v) is 6.42. The summed E-state index contributed by atoms with van der Waals surface area (Å²) in [7, 11) is 0. The van der Waals surface area contributed by atoms with Gasteiger partial charge >= 0.3 is 6.18 Å². The van der Waals surface area contributed by atoms with E-state index in [-0.39, 0.29) is 11.8 Å². The zero-order chi connectivity index (χ0) is 18.0. The van der Waals surface area contributed by atoms with Crippen LogP contribution in [0.25, 0.3) is 5.69 Å². The number of aromatic nitrogens is 1. The van der Waals surface area contributed by atoms with Gasteiger partial charge in [-0.1, -0.05) is 0 Å². The molecule has 134 valence electrons. The molecule has 0 radical (unpaired) electrons. The van der Waals surface area contributed by atoms with Gasteiger partial charge in [-0.3, -0.25) is 9.69 Å². The van der Waals surface area contributed by atoms with Gasteiger partial charge in [0.05, 0.1) is 5.56 Å². The molecular weight excluding hydrogens is 331 g/mol. The van der Waals surface area contributed by atoms with E-state index in [0.29, 0.717) is 5.69 Å². The summed E-state index contributed by atoms with van der Waals surface area (Å²) in [5, 5.41) is 0. The number of carbonyl (C=O) groups excluding carboxylic acids is 1. The summed E-state index contributed by atoms with van der Waals surface area (Å²) in [6, 6.07) is 7.06. The molecule has 4 nitrogen and oxygen atoms in total. The maximum Gasteiger partial charge on any atom is 0.416 e. The van der Waals surface area contributed by atoms with Gasteiger partial charge in [0.1, 0.15) is 0 Å². The fraction of sp³-hybridized carbons (Fsp3) is 0.389. The lowest BCUT2D eigenvalue weighted by molar-refractivity contribution is -0.137. The Hall–Kier alpha value is -2.28. The van der Waals surface area contributed by atoms with Crippen molar-refractivity contribution in [3.8, 4) is 5.69 Å². The summed E-state index contributed by atoms with van der Waals surface area (Å²) in [5.74, 6) is -0.263. The van der Waals surface area contributed by atoms with Crippen LogP contribution in [0.4, 0.5) is 13.2 Å². The molecule has 1 aliphatic heterocycles. The number of rotatable bonds is 4. The number of amides is 1. The first-order valence-electron chi connectivity index (χ1n) is 8.19. The monoisotopic (exact) mass is 351 g/mol. The van der Waals surface area contributed by atoms with E-state index in [0.717, 1.165) is 50.2 Å². The number of nitrogens with zero attached hydrogens (tertiary/aromatic N) is 2. The van der Waals surface area contributed by atoms with Gasteiger partial charge in [-0.2, -0.15) is 13.2 Å². The number of hydrogen-bond donors (Lipinski definition) is 1. The fourth-order valence-corrected chi connectivity index (χ4v) is 3.15. The summed E-state index contributed by atoms with van der Waals surface area (Å²) in [4.78, 5) is 13.5. The topological polar surface area (TPSA) is 51.3 Å². The Bertz CT molecular complexity index is 729. The van der Waals surface area contributed by atoms with E-state index >= 15 is 0 Å². The largest absolute Gasteiger partial charge is 0.416 e. The number of likely N-dealkylation sites (tertiary alicyclic amines) is 1. The second kappa shape index (κ2) is 6.92. The maximum atomic E-state index is 12.6. The third-order valence-corrected chi connectivity index (χ3v) is 4.64. The highest BCUT2D eigenvalue weighted by molar-refractivity contribution is 5.76. The summed E-state index contributed by atoms with van der Waals surface area (Å²) >= 11 is 0. The molecule has 1 saturated heterocycles. The molecule has 1 aromatic carbocycles. The molecule has 3 rings (SSSR count). The molecule has 2 heterocycles. The zero-order valence-corrected chi connectivity index (χ0v) is 13.7. The van der Waals surface area contributed by atoms with Crippen molar-refractivity contribution in [1.82, 2.24) is 9.47 Å². The second-order valence-electron chi connectivity index (χ2n) is 6.42. The predicted octanol–water partition coefficient (Wildman–Crippen LogP) is 3.19. The first-order valence-corrected chi connectivity index (χ1v) is 8.19. The average molecular weight is 351 g/mol. The van der Waals surface area contributed by atoms with Crippen molar-refractivity contribution in [2.45, 2.75) is 25.6 Å². The summed E-state index contributed by atoms with van der Waals surface area (Å²) < 4.78 is 39.7. The van der Waals surface area contributed by atoms with Gasteiger partial charge in [0, 0.05) is 30.5 Å². The number of alkyl halides is 3. The predicted molar refractivity (Wildman–Crippen MR) is 88.0 cm³/mol. The number of piperidine rings is 1. The third-order valence-electron chi connectivity index (χ3n) is 4.64. The molecule has 0 unspecified atom stereocenters. The van der Waals surface area contributed by atoms with Crippen molar-refractivity contribution in [3.05, 3.63) is 53.9 Å². The van der Waals surface area contributed by atoms with Crippen LogP contribution in [0, 0.1) is 5.92 Å². The lowest BCUT2D eigenvalue weighted by atomic mass is 9.96. The van der Waals surface area contributed by atoms with E-state index in [1.807, 2.05) is 23.0 Å². The summed E-state index contributed by atoms with van der Waals surface area (Å²) in [5.41, 5.74) is 6.45. The van der Waals surface area contributed by atoms with Crippen LogP contribution < -0.4 is 5.73 Å². The van der Waals surface area contributed by atoms with Crippen LogP contribution >= 0.6 is 0 Å². The smallest absolute Gasteiger partial charge is 0.369 e. The Morgan fingerprint density at radius 1 is 1.12 bits per heavy atom. The molecule has 7 heteroatoms. The summed E-state index contributed by atoms with van der Waals surface area (Å²) in [6.45, 7) is 2.39. The molecular formula is C18H20F3N3O. The Balaban J connectivity index is 1.62. The fourth-order valence-electron chi connectivity index (χ4n) is 3.15. The van der Waals surface area contributed by atoms with E-state index in [1.54, 1.807) is 0 Å². The van der Waals surface area contributed by atoms with Crippen LogP contribution in [0.3, 0.4) is 0 Å². The highest BCUT2D eigenvalue weighted by Gasteiger charge is 2.30. The maximum absolute atomic E-state index is 12.6. The molecule has 1 fully saturated rings. The van der Waals surface area contributed by atoms with Gasteiger partial charge < -0.3 is 10.3 Å². The van der Waals surface area contributed by atoms with Crippen LogP contribution in [0.2, 0.25) is 0 Å². The molecule has 1 aliphatic rings. The molecule has 1 amide bonds. The number of halogens is 3. The Morgan fingerprint density at radius 3 is 2.32 bits per heavy atom. The molecule has 2 aromatic rings. The number of primary amides is 1. The van der Waals surface area contributed by atoms with Crippen LogP contribution in [0.5, 0.6) is 0 Å².